The van der Waals surface area contributed by atoms with Gasteiger partial charge in [-0.3, -0.25) is 0 Å². The summed E-state index contributed by atoms with van der Waals surface area (Å²) in [6, 6.07) is 8.64. The van der Waals surface area contributed by atoms with E-state index < -0.39 is 16.8 Å². The fourth-order valence-electron chi connectivity index (χ4n) is 6.05. The molecule has 181 valence electrons. The normalized spacial score (nSPS) is 23.5. The van der Waals surface area contributed by atoms with Crippen LogP contribution in [0.3, 0.4) is 0 Å². The monoisotopic (exact) mass is 485 g/mol. The van der Waals surface area contributed by atoms with E-state index in [9.17, 15) is 13.2 Å². The lowest BCUT2D eigenvalue weighted by molar-refractivity contribution is 0.0906. The van der Waals surface area contributed by atoms with Crippen molar-refractivity contribution < 1.29 is 13.2 Å². The molecule has 2 aliphatic rings. The average molecular weight is 486 g/mol. The predicted octanol–water partition coefficient (Wildman–Crippen LogP) is 9.73. The zero-order valence-electron chi connectivity index (χ0n) is 19.8. The zero-order chi connectivity index (χ0) is 23.0. The van der Waals surface area contributed by atoms with Crippen molar-refractivity contribution in [2.24, 2.45) is 17.8 Å². The second-order valence-corrected chi connectivity index (χ2v) is 13.9. The van der Waals surface area contributed by atoms with E-state index in [4.69, 9.17) is 11.6 Å². The Hall–Kier alpha value is -0.483. The Balaban J connectivity index is 1.29. The molecule has 0 nitrogen and oxygen atoms in total. The van der Waals surface area contributed by atoms with Crippen molar-refractivity contribution >= 4 is 20.4 Å². The van der Waals surface area contributed by atoms with Crippen LogP contribution in [0.25, 0.3) is 0 Å². The summed E-state index contributed by atoms with van der Waals surface area (Å²) in [5.74, 6) is 1.93. The maximum atomic E-state index is 13.9. The Morgan fingerprint density at radius 2 is 1.62 bits per heavy atom. The second kappa shape index (κ2) is 12.8. The van der Waals surface area contributed by atoms with Crippen molar-refractivity contribution in [1.82, 2.24) is 0 Å². The standard InChI is InChI=1S/C27H41ClF3Si/c1-2-3-6-17-32-18-15-24(16-19-32)23-12-9-21(10-13-23)7-4-5-8-22-11-14-25(26(29)20-22)27(28,30)31/h11,14,20-21,23-24H,2-10,12-13,15-19H2,1H3. The number of hydrogen-bond acceptors (Lipinski definition) is 0. The van der Waals surface area contributed by atoms with Gasteiger partial charge in [0, 0.05) is 8.80 Å². The van der Waals surface area contributed by atoms with Gasteiger partial charge in [0.05, 0.1) is 5.56 Å². The smallest absolute Gasteiger partial charge is 0.206 e. The first kappa shape index (κ1) is 26.1. The largest absolute Gasteiger partial charge is 0.351 e. The molecule has 5 heteroatoms. The topological polar surface area (TPSA) is 0 Å². The average Bonchev–Trinajstić information content (AvgIpc) is 2.77. The van der Waals surface area contributed by atoms with Crippen LogP contribution in [-0.2, 0) is 11.8 Å². The lowest BCUT2D eigenvalue weighted by Crippen LogP contribution is -2.28. The van der Waals surface area contributed by atoms with Crippen LogP contribution in [0.2, 0.25) is 18.1 Å². The highest BCUT2D eigenvalue weighted by Gasteiger charge is 2.32. The van der Waals surface area contributed by atoms with Crippen LogP contribution in [-0.4, -0.2) is 8.80 Å². The van der Waals surface area contributed by atoms with Crippen molar-refractivity contribution in [3.05, 3.63) is 35.1 Å². The van der Waals surface area contributed by atoms with Gasteiger partial charge in [0.2, 0.25) is 0 Å². The van der Waals surface area contributed by atoms with E-state index in [2.05, 4.69) is 6.92 Å². The Labute approximate surface area is 200 Å². The number of alkyl halides is 3. The summed E-state index contributed by atoms with van der Waals surface area (Å²) >= 11 is 4.95. The van der Waals surface area contributed by atoms with Gasteiger partial charge < -0.3 is 0 Å². The van der Waals surface area contributed by atoms with Crippen molar-refractivity contribution in [1.29, 1.82) is 0 Å². The van der Waals surface area contributed by atoms with E-state index in [-0.39, 0.29) is 8.80 Å². The fraction of sp³-hybridized carbons (Fsp3) is 0.778. The first-order chi connectivity index (χ1) is 15.4. The number of hydrogen-bond donors (Lipinski definition) is 0. The van der Waals surface area contributed by atoms with Crippen LogP contribution in [0.1, 0.15) is 95.1 Å². The molecular formula is C27H41ClF3Si. The first-order valence-electron chi connectivity index (χ1n) is 13.1. The Kier molecular flexibility index (Phi) is 10.5. The van der Waals surface area contributed by atoms with E-state index in [1.807, 2.05) is 0 Å². The third kappa shape index (κ3) is 8.08. The fourth-order valence-corrected chi connectivity index (χ4v) is 9.26. The number of rotatable bonds is 11. The van der Waals surface area contributed by atoms with E-state index in [1.165, 1.54) is 70.3 Å². The summed E-state index contributed by atoms with van der Waals surface area (Å²) in [4.78, 5) is 0. The Bertz CT molecular complexity index is 674. The molecule has 0 atom stereocenters. The molecule has 0 N–H and O–H groups in total. The van der Waals surface area contributed by atoms with Gasteiger partial charge in [0.25, 0.3) is 0 Å². The van der Waals surface area contributed by atoms with Crippen molar-refractivity contribution in [3.63, 3.8) is 0 Å². The van der Waals surface area contributed by atoms with Gasteiger partial charge in [0.15, 0.2) is 0 Å². The summed E-state index contributed by atoms with van der Waals surface area (Å²) in [5.41, 5.74) is 0.0511. The summed E-state index contributed by atoms with van der Waals surface area (Å²) in [6.07, 6.45) is 17.0. The molecular weight excluding hydrogens is 445 g/mol. The molecule has 2 fully saturated rings. The van der Waals surface area contributed by atoms with Crippen molar-refractivity contribution in [2.45, 2.75) is 114 Å². The van der Waals surface area contributed by atoms with Gasteiger partial charge in [-0.2, -0.15) is 8.78 Å². The van der Waals surface area contributed by atoms with Crippen LogP contribution in [0.4, 0.5) is 13.2 Å². The molecule has 1 radical (unpaired) electrons. The van der Waals surface area contributed by atoms with Crippen LogP contribution < -0.4 is 0 Å². The molecule has 0 bridgehead atoms. The second-order valence-electron chi connectivity index (χ2n) is 10.4. The Morgan fingerprint density at radius 3 is 2.25 bits per heavy atom. The quantitative estimate of drug-likeness (QED) is 0.166. The predicted molar refractivity (Wildman–Crippen MR) is 132 cm³/mol. The minimum Gasteiger partial charge on any atom is -0.206 e. The lowest BCUT2D eigenvalue weighted by Gasteiger charge is -2.37. The molecule has 0 spiro atoms. The van der Waals surface area contributed by atoms with Gasteiger partial charge in [-0.1, -0.05) is 88.9 Å². The van der Waals surface area contributed by atoms with Gasteiger partial charge in [-0.25, -0.2) is 4.39 Å². The van der Waals surface area contributed by atoms with Gasteiger partial charge >= 0.3 is 5.38 Å². The van der Waals surface area contributed by atoms with Gasteiger partial charge in [-0.15, -0.1) is 0 Å². The van der Waals surface area contributed by atoms with Crippen LogP contribution >= 0.6 is 11.6 Å². The SMILES string of the molecule is CCCCC[Si]1CCC(C2CCC(CCCCc3ccc(C(F)(F)Cl)c(F)c3)CC2)CC1. The zero-order valence-corrected chi connectivity index (χ0v) is 21.5. The molecule has 1 aromatic carbocycles. The highest BCUT2D eigenvalue weighted by Crippen LogP contribution is 2.42. The van der Waals surface area contributed by atoms with E-state index in [0.29, 0.717) is 0 Å². The highest BCUT2D eigenvalue weighted by atomic mass is 35.5. The molecule has 1 aromatic rings. The van der Waals surface area contributed by atoms with E-state index in [0.717, 1.165) is 48.6 Å². The summed E-state index contributed by atoms with van der Waals surface area (Å²) in [7, 11) is -0.0182. The highest BCUT2D eigenvalue weighted by molar-refractivity contribution is 6.58. The molecule has 0 amide bonds. The number of benzene rings is 1. The minimum atomic E-state index is -3.64. The van der Waals surface area contributed by atoms with Crippen LogP contribution in [0.5, 0.6) is 0 Å². The molecule has 3 rings (SSSR count). The van der Waals surface area contributed by atoms with E-state index >= 15 is 0 Å². The van der Waals surface area contributed by atoms with E-state index in [1.54, 1.807) is 24.2 Å². The molecule has 0 aromatic heterocycles. The molecule has 1 saturated heterocycles. The maximum Gasteiger partial charge on any atom is 0.351 e. The molecule has 1 heterocycles. The van der Waals surface area contributed by atoms with Gasteiger partial charge in [-0.05, 0) is 72.7 Å². The molecule has 1 aliphatic carbocycles. The third-order valence-electron chi connectivity index (χ3n) is 8.10. The van der Waals surface area contributed by atoms with Crippen molar-refractivity contribution in [3.8, 4) is 0 Å². The minimum absolute atomic E-state index is 0.0182. The van der Waals surface area contributed by atoms with Crippen LogP contribution in [0, 0.1) is 23.6 Å². The lowest BCUT2D eigenvalue weighted by atomic mass is 9.73. The Morgan fingerprint density at radius 1 is 0.938 bits per heavy atom. The maximum absolute atomic E-state index is 13.9. The molecule has 1 saturated carbocycles. The first-order valence-corrected chi connectivity index (χ1v) is 15.6. The molecule has 1 aliphatic heterocycles. The summed E-state index contributed by atoms with van der Waals surface area (Å²) in [5, 5.41) is -3.64. The van der Waals surface area contributed by atoms with Gasteiger partial charge in [0.1, 0.15) is 5.82 Å². The van der Waals surface area contributed by atoms with Crippen molar-refractivity contribution in [2.75, 3.05) is 0 Å². The number of halogens is 4. The molecule has 32 heavy (non-hydrogen) atoms. The number of aryl methyl sites for hydroxylation is 1. The van der Waals surface area contributed by atoms with Crippen LogP contribution in [0.15, 0.2) is 18.2 Å². The third-order valence-corrected chi connectivity index (χ3v) is 11.4. The summed E-state index contributed by atoms with van der Waals surface area (Å²) in [6.45, 7) is 2.30. The summed E-state index contributed by atoms with van der Waals surface area (Å²) < 4.78 is 40.1. The number of unbranched alkanes of at least 4 members (excludes halogenated alkanes) is 3. The molecule has 0 unspecified atom stereocenters.